The summed E-state index contributed by atoms with van der Waals surface area (Å²) in [4.78, 5) is 34.5. The molecule has 0 aliphatic carbocycles. The SMILES string of the molecule is O=C(c1cc(Cc2n[nH]c(=O)c3ccccc23)ccc1F)N1Cc2cnc(NCC(F)(F)F)nc2C1. The first kappa shape index (κ1) is 23.4. The minimum absolute atomic E-state index is 0.00711. The van der Waals surface area contributed by atoms with Crippen LogP contribution in [0.4, 0.5) is 23.5 Å². The predicted molar refractivity (Wildman–Crippen MR) is 122 cm³/mol. The number of anilines is 1. The van der Waals surface area contributed by atoms with Crippen molar-refractivity contribution in [3.63, 3.8) is 0 Å². The molecule has 36 heavy (non-hydrogen) atoms. The molecular weight excluding hydrogens is 480 g/mol. The molecule has 2 aromatic heterocycles. The zero-order valence-electron chi connectivity index (χ0n) is 18.6. The Morgan fingerprint density at radius 2 is 1.89 bits per heavy atom. The molecule has 1 amide bonds. The van der Waals surface area contributed by atoms with E-state index in [1.807, 2.05) is 0 Å². The van der Waals surface area contributed by atoms with Crippen LogP contribution in [0.2, 0.25) is 0 Å². The van der Waals surface area contributed by atoms with Gasteiger partial charge in [-0.15, -0.1) is 0 Å². The van der Waals surface area contributed by atoms with Crippen LogP contribution in [0.25, 0.3) is 10.8 Å². The average molecular weight is 498 g/mol. The molecule has 8 nitrogen and oxygen atoms in total. The van der Waals surface area contributed by atoms with Gasteiger partial charge >= 0.3 is 6.18 Å². The number of aromatic amines is 1. The molecule has 1 aliphatic heterocycles. The van der Waals surface area contributed by atoms with Gasteiger partial charge in [0.25, 0.3) is 11.5 Å². The Hall–Kier alpha value is -4.35. The highest BCUT2D eigenvalue weighted by Gasteiger charge is 2.30. The highest BCUT2D eigenvalue weighted by Crippen LogP contribution is 2.26. The molecule has 0 unspecified atom stereocenters. The molecule has 0 spiro atoms. The van der Waals surface area contributed by atoms with Gasteiger partial charge in [0.15, 0.2) is 0 Å². The summed E-state index contributed by atoms with van der Waals surface area (Å²) in [5.74, 6) is -1.50. The fourth-order valence-electron chi connectivity index (χ4n) is 4.08. The van der Waals surface area contributed by atoms with Crippen molar-refractivity contribution >= 4 is 22.6 Å². The lowest BCUT2D eigenvalue weighted by Crippen LogP contribution is -2.26. The van der Waals surface area contributed by atoms with Gasteiger partial charge in [0.1, 0.15) is 12.4 Å². The molecule has 12 heteroatoms. The zero-order chi connectivity index (χ0) is 25.4. The van der Waals surface area contributed by atoms with Crippen LogP contribution in [-0.4, -0.2) is 43.7 Å². The molecule has 0 saturated heterocycles. The van der Waals surface area contributed by atoms with E-state index in [4.69, 9.17) is 0 Å². The number of amides is 1. The molecule has 3 heterocycles. The van der Waals surface area contributed by atoms with Crippen LogP contribution >= 0.6 is 0 Å². The van der Waals surface area contributed by atoms with Gasteiger partial charge in [0.05, 0.1) is 28.9 Å². The topological polar surface area (TPSA) is 104 Å². The van der Waals surface area contributed by atoms with Gasteiger partial charge in [-0.05, 0) is 23.8 Å². The minimum atomic E-state index is -4.43. The molecule has 0 radical (unpaired) electrons. The fourth-order valence-corrected chi connectivity index (χ4v) is 4.08. The maximum Gasteiger partial charge on any atom is 0.405 e. The minimum Gasteiger partial charge on any atom is -0.345 e. The van der Waals surface area contributed by atoms with Gasteiger partial charge in [0, 0.05) is 30.1 Å². The van der Waals surface area contributed by atoms with E-state index >= 15 is 0 Å². The highest BCUT2D eigenvalue weighted by molar-refractivity contribution is 5.95. The molecule has 0 bridgehead atoms. The summed E-state index contributed by atoms with van der Waals surface area (Å²) < 4.78 is 52.0. The molecule has 5 rings (SSSR count). The van der Waals surface area contributed by atoms with Crippen molar-refractivity contribution in [3.8, 4) is 0 Å². The number of hydrogen-bond donors (Lipinski definition) is 2. The van der Waals surface area contributed by atoms with E-state index < -0.39 is 24.4 Å². The normalized spacial score (nSPS) is 13.2. The predicted octanol–water partition coefficient (Wildman–Crippen LogP) is 3.57. The van der Waals surface area contributed by atoms with Crippen molar-refractivity contribution in [2.24, 2.45) is 0 Å². The zero-order valence-corrected chi connectivity index (χ0v) is 18.6. The Labute approximate surface area is 201 Å². The number of carbonyl (C=O) groups is 1. The van der Waals surface area contributed by atoms with E-state index in [0.29, 0.717) is 33.3 Å². The number of rotatable bonds is 5. The van der Waals surface area contributed by atoms with Crippen molar-refractivity contribution in [1.82, 2.24) is 25.1 Å². The van der Waals surface area contributed by atoms with Crippen LogP contribution in [-0.2, 0) is 19.5 Å². The molecule has 0 fully saturated rings. The molecule has 4 aromatic rings. The van der Waals surface area contributed by atoms with Crippen LogP contribution in [0.5, 0.6) is 0 Å². The smallest absolute Gasteiger partial charge is 0.345 e. The molecule has 184 valence electrons. The number of alkyl halides is 3. The van der Waals surface area contributed by atoms with E-state index in [-0.39, 0.29) is 36.6 Å². The molecular formula is C24H18F4N6O2. The Morgan fingerprint density at radius 3 is 2.67 bits per heavy atom. The summed E-state index contributed by atoms with van der Waals surface area (Å²) in [7, 11) is 0. The monoisotopic (exact) mass is 498 g/mol. The van der Waals surface area contributed by atoms with Crippen molar-refractivity contribution in [2.75, 3.05) is 11.9 Å². The number of hydrogen-bond acceptors (Lipinski definition) is 6. The molecule has 2 N–H and O–H groups in total. The lowest BCUT2D eigenvalue weighted by Gasteiger charge is -2.16. The van der Waals surface area contributed by atoms with Gasteiger partial charge < -0.3 is 10.2 Å². The standard InChI is InChI=1S/C24H18F4N6O2/c25-18-6-5-13(8-19-15-3-1-2-4-16(15)21(35)33-32-19)7-17(18)22(36)34-10-14-9-29-23(31-20(14)11-34)30-12-24(26,27)28/h1-7,9H,8,10-12H2,(H,33,35)(H,29,30,31). The Morgan fingerprint density at radius 1 is 1.11 bits per heavy atom. The van der Waals surface area contributed by atoms with Crippen LogP contribution in [0.3, 0.4) is 0 Å². The third-order valence-electron chi connectivity index (χ3n) is 5.80. The fraction of sp³-hybridized carbons (Fsp3) is 0.208. The molecule has 2 aromatic carbocycles. The van der Waals surface area contributed by atoms with Gasteiger partial charge in [-0.25, -0.2) is 19.5 Å². The number of benzene rings is 2. The number of nitrogens with zero attached hydrogens (tertiary/aromatic N) is 4. The largest absolute Gasteiger partial charge is 0.405 e. The van der Waals surface area contributed by atoms with Gasteiger partial charge in [0.2, 0.25) is 5.95 Å². The highest BCUT2D eigenvalue weighted by atomic mass is 19.4. The first-order chi connectivity index (χ1) is 17.2. The van der Waals surface area contributed by atoms with E-state index in [2.05, 4.69) is 25.5 Å². The van der Waals surface area contributed by atoms with E-state index in [1.165, 1.54) is 29.3 Å². The number of aromatic nitrogens is 4. The van der Waals surface area contributed by atoms with Gasteiger partial charge in [-0.1, -0.05) is 24.3 Å². The Kier molecular flexibility index (Phi) is 5.86. The number of carbonyl (C=O) groups excluding carboxylic acids is 1. The maximum absolute atomic E-state index is 14.7. The van der Waals surface area contributed by atoms with Gasteiger partial charge in [-0.2, -0.15) is 18.3 Å². The molecule has 0 atom stereocenters. The van der Waals surface area contributed by atoms with Crippen molar-refractivity contribution in [3.05, 3.63) is 92.9 Å². The molecule has 0 saturated carbocycles. The van der Waals surface area contributed by atoms with Crippen LogP contribution in [0, 0.1) is 5.82 Å². The van der Waals surface area contributed by atoms with Crippen molar-refractivity contribution in [2.45, 2.75) is 25.7 Å². The Bertz CT molecular complexity index is 1540. The summed E-state index contributed by atoms with van der Waals surface area (Å²) in [6.07, 6.45) is -2.82. The maximum atomic E-state index is 14.7. The van der Waals surface area contributed by atoms with E-state index in [1.54, 1.807) is 24.3 Å². The first-order valence-corrected chi connectivity index (χ1v) is 10.9. The number of halogens is 4. The van der Waals surface area contributed by atoms with E-state index in [0.717, 1.165) is 0 Å². The number of H-pyrrole nitrogens is 1. The number of nitrogens with one attached hydrogen (secondary N) is 2. The van der Waals surface area contributed by atoms with Crippen LogP contribution < -0.4 is 10.9 Å². The van der Waals surface area contributed by atoms with Crippen LogP contribution in [0.15, 0.2) is 53.5 Å². The summed E-state index contributed by atoms with van der Waals surface area (Å²) in [5.41, 5.74) is 1.66. The second-order valence-corrected chi connectivity index (χ2v) is 8.33. The second-order valence-electron chi connectivity index (χ2n) is 8.33. The van der Waals surface area contributed by atoms with Crippen LogP contribution in [0.1, 0.15) is 32.9 Å². The Balaban J connectivity index is 1.36. The first-order valence-electron chi connectivity index (χ1n) is 10.9. The third kappa shape index (κ3) is 4.74. The average Bonchev–Trinajstić information content (AvgIpc) is 3.28. The quantitative estimate of drug-likeness (QED) is 0.408. The van der Waals surface area contributed by atoms with Gasteiger partial charge in [-0.3, -0.25) is 9.59 Å². The van der Waals surface area contributed by atoms with Crippen molar-refractivity contribution < 1.29 is 22.4 Å². The third-order valence-corrected chi connectivity index (χ3v) is 5.80. The summed E-state index contributed by atoms with van der Waals surface area (Å²) >= 11 is 0. The van der Waals surface area contributed by atoms with E-state index in [9.17, 15) is 27.2 Å². The summed E-state index contributed by atoms with van der Waals surface area (Å²) in [6.45, 7) is -1.18. The lowest BCUT2D eigenvalue weighted by molar-refractivity contribution is -0.115. The second kappa shape index (κ2) is 9.02. The van der Waals surface area contributed by atoms with Crippen molar-refractivity contribution in [1.29, 1.82) is 0 Å². The number of fused-ring (bicyclic) bond motifs is 2. The molecule has 1 aliphatic rings. The lowest BCUT2D eigenvalue weighted by atomic mass is 10.0. The summed E-state index contributed by atoms with van der Waals surface area (Å²) in [5, 5.41) is 9.81. The summed E-state index contributed by atoms with van der Waals surface area (Å²) in [6, 6.07) is 11.1.